The van der Waals surface area contributed by atoms with Gasteiger partial charge < -0.3 is 9.90 Å². The van der Waals surface area contributed by atoms with Crippen molar-refractivity contribution in [3.05, 3.63) is 66.9 Å². The van der Waals surface area contributed by atoms with Crippen LogP contribution in [0.5, 0.6) is 0 Å². The number of thiazole rings is 1. The summed E-state index contributed by atoms with van der Waals surface area (Å²) in [6.07, 6.45) is -4.88. The van der Waals surface area contributed by atoms with E-state index in [-0.39, 0.29) is 27.0 Å². The van der Waals surface area contributed by atoms with E-state index in [9.17, 15) is 32.7 Å². The number of carboxylic acids is 1. The molecule has 7 nitrogen and oxygen atoms in total. The monoisotopic (exact) mass is 430 g/mol. The second-order valence-electron chi connectivity index (χ2n) is 5.53. The van der Waals surface area contributed by atoms with Gasteiger partial charge in [0.25, 0.3) is 5.56 Å². The summed E-state index contributed by atoms with van der Waals surface area (Å²) >= 11 is 7.02. The van der Waals surface area contributed by atoms with E-state index < -0.39 is 29.1 Å². The average molecular weight is 431 g/mol. The third-order valence-electron chi connectivity index (χ3n) is 3.76. The van der Waals surface area contributed by atoms with E-state index in [1.54, 1.807) is 0 Å². The Morgan fingerprint density at radius 2 is 1.93 bits per heavy atom. The quantitative estimate of drug-likeness (QED) is 0.630. The van der Waals surface area contributed by atoms with E-state index >= 15 is 0 Å². The Bertz CT molecular complexity index is 1210. The fourth-order valence-corrected chi connectivity index (χ4v) is 3.52. The smallest absolute Gasteiger partial charge is 0.431 e. The molecule has 0 saturated heterocycles. The van der Waals surface area contributed by atoms with E-state index in [2.05, 4.69) is 4.98 Å². The molecule has 0 aliphatic carbocycles. The molecular weight excluding hydrogens is 423 g/mol. The molecule has 0 atom stereocenters. The number of halogens is 4. The second kappa shape index (κ2) is 6.91. The Labute approximate surface area is 162 Å². The molecule has 2 heterocycles. The van der Waals surface area contributed by atoms with Gasteiger partial charge in [-0.3, -0.25) is 9.36 Å². The van der Waals surface area contributed by atoms with Gasteiger partial charge in [-0.2, -0.15) is 13.2 Å². The molecule has 0 amide bonds. The zero-order chi connectivity index (χ0) is 20.8. The van der Waals surface area contributed by atoms with Crippen LogP contribution in [-0.2, 0) is 13.2 Å². The minimum absolute atomic E-state index is 0.0519. The summed E-state index contributed by atoms with van der Waals surface area (Å²) < 4.78 is 39.7. The second-order valence-corrected chi connectivity index (χ2v) is 6.80. The van der Waals surface area contributed by atoms with Crippen molar-refractivity contribution in [3.63, 3.8) is 0 Å². The van der Waals surface area contributed by atoms with Crippen molar-refractivity contribution in [2.45, 2.75) is 6.18 Å². The van der Waals surface area contributed by atoms with Crippen molar-refractivity contribution in [2.75, 3.05) is 0 Å². The highest BCUT2D eigenvalue weighted by Crippen LogP contribution is 2.32. The highest BCUT2D eigenvalue weighted by Gasteiger charge is 2.35. The van der Waals surface area contributed by atoms with Crippen LogP contribution in [0.25, 0.3) is 16.3 Å². The largest absolute Gasteiger partial charge is 0.543 e. The van der Waals surface area contributed by atoms with E-state index in [4.69, 9.17) is 11.6 Å². The normalized spacial score (nSPS) is 11.6. The number of aromatic carboxylic acids is 1. The van der Waals surface area contributed by atoms with Gasteiger partial charge in [0.05, 0.1) is 22.4 Å². The molecule has 3 rings (SSSR count). The van der Waals surface area contributed by atoms with Crippen LogP contribution in [0.15, 0.2) is 39.2 Å². The number of benzene rings is 1. The molecule has 0 aliphatic heterocycles. The third kappa shape index (κ3) is 3.45. The first-order valence-electron chi connectivity index (χ1n) is 7.38. The lowest BCUT2D eigenvalue weighted by Gasteiger charge is -2.14. The third-order valence-corrected chi connectivity index (χ3v) is 4.97. The first kappa shape index (κ1) is 19.8. The minimum Gasteiger partial charge on any atom is -0.543 e. The van der Waals surface area contributed by atoms with E-state index in [0.717, 1.165) is 18.4 Å². The summed E-state index contributed by atoms with van der Waals surface area (Å²) in [6, 6.07) is 4.16. The van der Waals surface area contributed by atoms with E-state index in [1.165, 1.54) is 23.6 Å². The van der Waals surface area contributed by atoms with E-state index in [0.29, 0.717) is 15.2 Å². The molecule has 3 aromatic rings. The molecule has 0 radical (unpaired) electrons. The maximum Gasteiger partial charge on any atom is 0.431 e. The van der Waals surface area contributed by atoms with Crippen LogP contribution in [0.2, 0.25) is 5.02 Å². The fourth-order valence-electron chi connectivity index (χ4n) is 2.44. The van der Waals surface area contributed by atoms with Gasteiger partial charge in [-0.15, -0.1) is 11.3 Å². The summed E-state index contributed by atoms with van der Waals surface area (Å²) in [5.41, 5.74) is -3.95. The molecule has 2 aromatic heterocycles. The highest BCUT2D eigenvalue weighted by molar-refractivity contribution is 7.13. The van der Waals surface area contributed by atoms with Crippen molar-refractivity contribution in [1.29, 1.82) is 0 Å². The summed E-state index contributed by atoms with van der Waals surface area (Å²) in [6.45, 7) is 0. The standard InChI is InChI=1S/C16H9ClF3N3O4S/c1-22-11(16(18,19)20)5-12(24)23(15(22)27)7-2-3-9(17)8(4-7)13-21-10(6-28-13)14(25)26/h2-6H,1H3,(H,25,26)/p-1. The van der Waals surface area contributed by atoms with Gasteiger partial charge >= 0.3 is 11.9 Å². The molecule has 0 fully saturated rings. The predicted molar refractivity (Wildman–Crippen MR) is 92.7 cm³/mol. The van der Waals surface area contributed by atoms with Crippen molar-refractivity contribution in [3.8, 4) is 16.3 Å². The van der Waals surface area contributed by atoms with Gasteiger partial charge in [-0.05, 0) is 18.2 Å². The Balaban J connectivity index is 2.21. The number of nitrogens with zero attached hydrogens (tertiary/aromatic N) is 3. The number of hydrogen-bond acceptors (Lipinski definition) is 6. The number of alkyl halides is 3. The zero-order valence-corrected chi connectivity index (χ0v) is 15.4. The minimum atomic E-state index is -4.88. The first-order valence-corrected chi connectivity index (χ1v) is 8.64. The summed E-state index contributed by atoms with van der Waals surface area (Å²) in [4.78, 5) is 39.3. The van der Waals surface area contributed by atoms with Gasteiger partial charge in [-0.25, -0.2) is 14.3 Å². The van der Waals surface area contributed by atoms with Crippen LogP contribution in [0.3, 0.4) is 0 Å². The molecule has 0 bridgehead atoms. The topological polar surface area (TPSA) is 97.0 Å². The predicted octanol–water partition coefficient (Wildman–Crippen LogP) is 1.70. The average Bonchev–Trinajstić information content (AvgIpc) is 3.08. The van der Waals surface area contributed by atoms with Crippen molar-refractivity contribution < 1.29 is 23.1 Å². The van der Waals surface area contributed by atoms with Gasteiger partial charge in [-0.1, -0.05) is 11.6 Å². The zero-order valence-electron chi connectivity index (χ0n) is 13.8. The van der Waals surface area contributed by atoms with Crippen molar-refractivity contribution in [2.24, 2.45) is 7.05 Å². The number of carbonyl (C=O) groups is 1. The molecule has 0 aliphatic rings. The van der Waals surface area contributed by atoms with Crippen LogP contribution < -0.4 is 16.4 Å². The lowest BCUT2D eigenvalue weighted by atomic mass is 10.2. The van der Waals surface area contributed by atoms with Crippen molar-refractivity contribution in [1.82, 2.24) is 14.1 Å². The number of hydrogen-bond donors (Lipinski definition) is 0. The van der Waals surface area contributed by atoms with E-state index in [1.807, 2.05) is 0 Å². The molecule has 28 heavy (non-hydrogen) atoms. The lowest BCUT2D eigenvalue weighted by molar-refractivity contribution is -0.255. The molecule has 146 valence electrons. The van der Waals surface area contributed by atoms with Crippen LogP contribution >= 0.6 is 22.9 Å². The molecular formula is C16H8ClF3N3O4S-. The van der Waals surface area contributed by atoms with Gasteiger partial charge in [0, 0.05) is 24.1 Å². The van der Waals surface area contributed by atoms with Crippen LogP contribution in [0, 0.1) is 0 Å². The van der Waals surface area contributed by atoms with Gasteiger partial charge in [0.1, 0.15) is 10.7 Å². The molecule has 0 spiro atoms. The summed E-state index contributed by atoms with van der Waals surface area (Å²) in [7, 11) is 0.894. The molecule has 0 N–H and O–H groups in total. The number of aromatic nitrogens is 3. The molecule has 12 heteroatoms. The lowest BCUT2D eigenvalue weighted by Crippen LogP contribution is -2.40. The number of carbonyl (C=O) groups excluding carboxylic acids is 1. The first-order chi connectivity index (χ1) is 13.0. The van der Waals surface area contributed by atoms with Crippen molar-refractivity contribution >= 4 is 28.9 Å². The Hall–Kier alpha value is -2.92. The molecule has 0 unspecified atom stereocenters. The number of rotatable bonds is 3. The fraction of sp³-hybridized carbons (Fsp3) is 0.125. The Morgan fingerprint density at radius 3 is 2.50 bits per heavy atom. The molecule has 1 aromatic carbocycles. The Morgan fingerprint density at radius 1 is 1.25 bits per heavy atom. The maximum absolute atomic E-state index is 13.0. The summed E-state index contributed by atoms with van der Waals surface area (Å²) in [5, 5.41) is 12.4. The number of carboxylic acid groups (broad SMARTS) is 1. The maximum atomic E-state index is 13.0. The van der Waals surface area contributed by atoms with Crippen LogP contribution in [0.4, 0.5) is 13.2 Å². The van der Waals surface area contributed by atoms with Gasteiger partial charge in [0.15, 0.2) is 0 Å². The summed E-state index contributed by atoms with van der Waals surface area (Å²) in [5.74, 6) is -1.50. The van der Waals surface area contributed by atoms with Crippen LogP contribution in [-0.4, -0.2) is 20.1 Å². The van der Waals surface area contributed by atoms with Gasteiger partial charge in [0.2, 0.25) is 0 Å². The Kier molecular flexibility index (Phi) is 4.90. The van der Waals surface area contributed by atoms with Crippen LogP contribution in [0.1, 0.15) is 16.2 Å². The highest BCUT2D eigenvalue weighted by atomic mass is 35.5. The molecule has 0 saturated carbocycles. The SMILES string of the molecule is Cn1c(C(F)(F)F)cc(=O)n(-c2ccc(Cl)c(-c3nc(C(=O)[O-])cs3)c2)c1=O.